The standard InChI is InChI=1S/C20H27BN2O4/c1-13(15-9-7-8-10-16(15)24-6)25-17-11-14(12-23-18(17)22)21-26-19(2,3)20(4,5)27-21/h7-13H,1-6H3,(H2,22,23). The topological polar surface area (TPSA) is 75.8 Å². The summed E-state index contributed by atoms with van der Waals surface area (Å²) in [5.41, 5.74) is 6.89. The summed E-state index contributed by atoms with van der Waals surface area (Å²) in [6, 6.07) is 9.56. The lowest BCUT2D eigenvalue weighted by molar-refractivity contribution is 0.00578. The summed E-state index contributed by atoms with van der Waals surface area (Å²) in [6.07, 6.45) is 1.40. The van der Waals surface area contributed by atoms with E-state index < -0.39 is 18.3 Å². The van der Waals surface area contributed by atoms with Crippen molar-refractivity contribution < 1.29 is 18.8 Å². The van der Waals surface area contributed by atoms with Gasteiger partial charge >= 0.3 is 7.12 Å². The van der Waals surface area contributed by atoms with Crippen LogP contribution in [0.1, 0.15) is 46.3 Å². The van der Waals surface area contributed by atoms with E-state index >= 15 is 0 Å². The lowest BCUT2D eigenvalue weighted by Crippen LogP contribution is -2.41. The highest BCUT2D eigenvalue weighted by atomic mass is 16.7. The van der Waals surface area contributed by atoms with Gasteiger partial charge < -0.3 is 24.5 Å². The van der Waals surface area contributed by atoms with Crippen LogP contribution in [0, 0.1) is 0 Å². The van der Waals surface area contributed by atoms with Crippen LogP contribution in [0.15, 0.2) is 36.5 Å². The molecule has 6 nitrogen and oxygen atoms in total. The molecule has 0 amide bonds. The maximum Gasteiger partial charge on any atom is 0.496 e. The van der Waals surface area contributed by atoms with E-state index in [1.165, 1.54) is 0 Å². The van der Waals surface area contributed by atoms with Crippen LogP contribution in [0.3, 0.4) is 0 Å². The van der Waals surface area contributed by atoms with Gasteiger partial charge in [-0.1, -0.05) is 18.2 Å². The number of nitrogens with zero attached hydrogens (tertiary/aromatic N) is 1. The number of para-hydroxylation sites is 1. The molecule has 1 aliphatic rings. The molecule has 1 atom stereocenters. The zero-order chi connectivity index (χ0) is 19.8. The minimum Gasteiger partial charge on any atom is -0.496 e. The van der Waals surface area contributed by atoms with E-state index in [2.05, 4.69) is 4.98 Å². The van der Waals surface area contributed by atoms with Gasteiger partial charge in [0.2, 0.25) is 0 Å². The number of pyridine rings is 1. The highest BCUT2D eigenvalue weighted by Crippen LogP contribution is 2.37. The van der Waals surface area contributed by atoms with Gasteiger partial charge in [0.15, 0.2) is 11.6 Å². The molecule has 0 saturated carbocycles. The Labute approximate surface area is 161 Å². The molecule has 1 aliphatic heterocycles. The third kappa shape index (κ3) is 3.75. The first kappa shape index (κ1) is 19.5. The Bertz CT molecular complexity index is 809. The van der Waals surface area contributed by atoms with Gasteiger partial charge in [0.1, 0.15) is 11.9 Å². The number of nitrogens with two attached hydrogens (primary N) is 1. The van der Waals surface area contributed by atoms with Crippen LogP contribution in [0.2, 0.25) is 0 Å². The SMILES string of the molecule is COc1ccccc1C(C)Oc1cc(B2OC(C)(C)C(C)(C)O2)cnc1N. The van der Waals surface area contributed by atoms with Gasteiger partial charge in [0, 0.05) is 17.2 Å². The van der Waals surface area contributed by atoms with Crippen molar-refractivity contribution in [1.29, 1.82) is 0 Å². The molecule has 0 radical (unpaired) electrons. The van der Waals surface area contributed by atoms with Crippen LogP contribution in [-0.4, -0.2) is 30.4 Å². The third-order valence-corrected chi connectivity index (χ3v) is 5.31. The van der Waals surface area contributed by atoms with E-state index in [9.17, 15) is 0 Å². The van der Waals surface area contributed by atoms with Crippen LogP contribution in [-0.2, 0) is 9.31 Å². The number of aromatic nitrogens is 1. The van der Waals surface area contributed by atoms with Crippen molar-refractivity contribution in [1.82, 2.24) is 4.98 Å². The summed E-state index contributed by atoms with van der Waals surface area (Å²) >= 11 is 0. The van der Waals surface area contributed by atoms with Crippen molar-refractivity contribution in [3.05, 3.63) is 42.1 Å². The minimum atomic E-state index is -0.521. The Hall–Kier alpha value is -2.25. The molecule has 7 heteroatoms. The number of hydrogen-bond acceptors (Lipinski definition) is 6. The Morgan fingerprint density at radius 2 is 1.70 bits per heavy atom. The highest BCUT2D eigenvalue weighted by molar-refractivity contribution is 6.62. The fourth-order valence-electron chi connectivity index (χ4n) is 2.93. The first-order chi connectivity index (χ1) is 12.6. The summed E-state index contributed by atoms with van der Waals surface area (Å²) in [5, 5.41) is 0. The van der Waals surface area contributed by atoms with Gasteiger partial charge in [0.25, 0.3) is 0 Å². The van der Waals surface area contributed by atoms with Crippen molar-refractivity contribution in [3.8, 4) is 11.5 Å². The van der Waals surface area contributed by atoms with E-state index in [-0.39, 0.29) is 6.10 Å². The first-order valence-electron chi connectivity index (χ1n) is 9.05. The van der Waals surface area contributed by atoms with Crippen molar-refractivity contribution in [2.24, 2.45) is 0 Å². The monoisotopic (exact) mass is 370 g/mol. The molecule has 27 heavy (non-hydrogen) atoms. The summed E-state index contributed by atoms with van der Waals surface area (Å²) in [4.78, 5) is 4.27. The molecule has 144 valence electrons. The summed E-state index contributed by atoms with van der Waals surface area (Å²) in [6.45, 7) is 9.99. The Kier molecular flexibility index (Phi) is 5.10. The number of nitrogen functional groups attached to an aromatic ring is 1. The Balaban J connectivity index is 1.84. The average Bonchev–Trinajstić information content (AvgIpc) is 2.84. The van der Waals surface area contributed by atoms with Crippen LogP contribution in [0.5, 0.6) is 11.5 Å². The fourth-order valence-corrected chi connectivity index (χ4v) is 2.93. The zero-order valence-electron chi connectivity index (χ0n) is 16.8. The maximum atomic E-state index is 6.10. The molecule has 2 aromatic rings. The second-order valence-electron chi connectivity index (χ2n) is 7.74. The average molecular weight is 370 g/mol. The molecule has 1 aromatic carbocycles. The molecule has 0 bridgehead atoms. The predicted molar refractivity (Wildman–Crippen MR) is 106 cm³/mol. The third-order valence-electron chi connectivity index (χ3n) is 5.31. The molecule has 1 saturated heterocycles. The van der Waals surface area contributed by atoms with E-state index in [0.717, 1.165) is 16.8 Å². The summed E-state index contributed by atoms with van der Waals surface area (Å²) in [7, 11) is 1.12. The van der Waals surface area contributed by atoms with E-state index in [4.69, 9.17) is 24.5 Å². The summed E-state index contributed by atoms with van der Waals surface area (Å²) < 4.78 is 23.7. The second-order valence-corrected chi connectivity index (χ2v) is 7.74. The normalized spacial score (nSPS) is 19.0. The number of hydrogen-bond donors (Lipinski definition) is 1. The van der Waals surface area contributed by atoms with Crippen LogP contribution in [0.4, 0.5) is 5.82 Å². The number of anilines is 1. The van der Waals surface area contributed by atoms with E-state index in [1.807, 2.05) is 65.0 Å². The van der Waals surface area contributed by atoms with E-state index in [0.29, 0.717) is 11.6 Å². The Morgan fingerprint density at radius 3 is 2.33 bits per heavy atom. The summed E-state index contributed by atoms with van der Waals surface area (Å²) in [5.74, 6) is 1.57. The molecule has 3 rings (SSSR count). The van der Waals surface area contributed by atoms with Crippen molar-refractivity contribution in [2.75, 3.05) is 12.8 Å². The molecule has 0 aliphatic carbocycles. The largest absolute Gasteiger partial charge is 0.496 e. The smallest absolute Gasteiger partial charge is 0.496 e. The molecule has 2 N–H and O–H groups in total. The van der Waals surface area contributed by atoms with Crippen molar-refractivity contribution in [3.63, 3.8) is 0 Å². The number of rotatable bonds is 5. The quantitative estimate of drug-likeness (QED) is 0.816. The molecule has 1 fully saturated rings. The van der Waals surface area contributed by atoms with Crippen LogP contribution >= 0.6 is 0 Å². The number of ether oxygens (including phenoxy) is 2. The van der Waals surface area contributed by atoms with Crippen molar-refractivity contribution >= 4 is 18.4 Å². The molecule has 0 spiro atoms. The minimum absolute atomic E-state index is 0.265. The first-order valence-corrected chi connectivity index (χ1v) is 9.05. The highest BCUT2D eigenvalue weighted by Gasteiger charge is 2.52. The fraction of sp³-hybridized carbons (Fsp3) is 0.450. The zero-order valence-corrected chi connectivity index (χ0v) is 16.8. The molecule has 1 unspecified atom stereocenters. The second kappa shape index (κ2) is 7.05. The van der Waals surface area contributed by atoms with Gasteiger partial charge in [-0.25, -0.2) is 4.98 Å². The Morgan fingerprint density at radius 1 is 1.07 bits per heavy atom. The maximum absolute atomic E-state index is 6.10. The van der Waals surface area contributed by atoms with E-state index in [1.54, 1.807) is 13.3 Å². The molecule has 1 aromatic heterocycles. The van der Waals surface area contributed by atoms with Crippen LogP contribution in [0.25, 0.3) is 0 Å². The van der Waals surface area contributed by atoms with Crippen molar-refractivity contribution in [2.45, 2.75) is 51.9 Å². The van der Waals surface area contributed by atoms with Gasteiger partial charge in [-0.05, 0) is 46.8 Å². The van der Waals surface area contributed by atoms with Gasteiger partial charge in [-0.3, -0.25) is 0 Å². The number of benzene rings is 1. The lowest BCUT2D eigenvalue weighted by Gasteiger charge is -2.32. The number of methoxy groups -OCH3 is 1. The van der Waals surface area contributed by atoms with Gasteiger partial charge in [-0.15, -0.1) is 0 Å². The van der Waals surface area contributed by atoms with Gasteiger partial charge in [0.05, 0.1) is 18.3 Å². The molecular weight excluding hydrogens is 343 g/mol. The van der Waals surface area contributed by atoms with Gasteiger partial charge in [-0.2, -0.15) is 0 Å². The molecular formula is C20H27BN2O4. The van der Waals surface area contributed by atoms with Crippen LogP contribution < -0.4 is 20.7 Å². The predicted octanol–water partition coefficient (Wildman–Crippen LogP) is 3.11. The molecule has 2 heterocycles. The lowest BCUT2D eigenvalue weighted by atomic mass is 9.80.